The van der Waals surface area contributed by atoms with E-state index in [1.807, 2.05) is 17.0 Å². The summed E-state index contributed by atoms with van der Waals surface area (Å²) in [5.74, 6) is 0. The number of hydrogen-bond donors (Lipinski definition) is 3. The molecule has 0 aliphatic carbocycles. The lowest BCUT2D eigenvalue weighted by Gasteiger charge is -2.31. The fourth-order valence-corrected chi connectivity index (χ4v) is 3.46. The van der Waals surface area contributed by atoms with Crippen LogP contribution < -0.4 is 10.6 Å². The van der Waals surface area contributed by atoms with E-state index in [1.165, 1.54) is 0 Å². The molecule has 4 rings (SSSR count). The van der Waals surface area contributed by atoms with Crippen molar-refractivity contribution in [2.75, 3.05) is 19.6 Å². The molecule has 2 aromatic rings. The van der Waals surface area contributed by atoms with Gasteiger partial charge in [0.05, 0.1) is 12.2 Å². The number of nitrogens with one attached hydrogen (secondary N) is 3. The van der Waals surface area contributed by atoms with Crippen LogP contribution in [-0.2, 0) is 13.0 Å². The highest BCUT2D eigenvalue weighted by Gasteiger charge is 2.27. The Morgan fingerprint density at radius 2 is 2.21 bits per heavy atom. The van der Waals surface area contributed by atoms with Gasteiger partial charge in [0.25, 0.3) is 0 Å². The van der Waals surface area contributed by atoms with Gasteiger partial charge >= 0.3 is 6.03 Å². The van der Waals surface area contributed by atoms with E-state index in [1.54, 1.807) is 12.4 Å². The Balaban J connectivity index is 1.49. The van der Waals surface area contributed by atoms with Crippen LogP contribution in [0.25, 0.3) is 11.3 Å². The third kappa shape index (κ3) is 2.99. The minimum atomic E-state index is 0.0243. The summed E-state index contributed by atoms with van der Waals surface area (Å²) < 4.78 is 0. The van der Waals surface area contributed by atoms with Gasteiger partial charge in [0.15, 0.2) is 0 Å². The Morgan fingerprint density at radius 1 is 1.33 bits per heavy atom. The first kappa shape index (κ1) is 15.1. The fourth-order valence-electron chi connectivity index (χ4n) is 3.46. The molecule has 2 aromatic heterocycles. The second-order valence-electron chi connectivity index (χ2n) is 6.43. The number of amides is 2. The molecule has 126 valence electrons. The van der Waals surface area contributed by atoms with Crippen molar-refractivity contribution in [3.63, 3.8) is 0 Å². The Bertz CT molecular complexity index is 707. The summed E-state index contributed by atoms with van der Waals surface area (Å²) in [6.07, 6.45) is 6.50. The maximum atomic E-state index is 12.6. The van der Waals surface area contributed by atoms with Gasteiger partial charge in [0, 0.05) is 54.8 Å². The van der Waals surface area contributed by atoms with E-state index < -0.39 is 0 Å². The van der Waals surface area contributed by atoms with Crippen molar-refractivity contribution in [3.8, 4) is 11.3 Å². The maximum absolute atomic E-state index is 12.6. The van der Waals surface area contributed by atoms with Crippen LogP contribution in [0.1, 0.15) is 24.1 Å². The zero-order valence-electron chi connectivity index (χ0n) is 13.6. The minimum Gasteiger partial charge on any atom is -0.334 e. The molecule has 2 aliphatic rings. The van der Waals surface area contributed by atoms with Crippen molar-refractivity contribution in [2.45, 2.75) is 31.8 Å². The molecule has 24 heavy (non-hydrogen) atoms. The highest BCUT2D eigenvalue weighted by molar-refractivity contribution is 5.75. The minimum absolute atomic E-state index is 0.0243. The summed E-state index contributed by atoms with van der Waals surface area (Å²) in [5.41, 5.74) is 4.19. The highest BCUT2D eigenvalue weighted by atomic mass is 16.2. The molecule has 3 N–H and O–H groups in total. The molecule has 4 heterocycles. The first-order chi connectivity index (χ1) is 11.8. The van der Waals surface area contributed by atoms with Crippen LogP contribution >= 0.6 is 0 Å². The lowest BCUT2D eigenvalue weighted by molar-refractivity contribution is 0.185. The number of hydrogen-bond acceptors (Lipinski definition) is 4. The number of piperidine rings is 1. The Hall–Kier alpha value is -2.41. The lowest BCUT2D eigenvalue weighted by Crippen LogP contribution is -2.51. The molecule has 1 unspecified atom stereocenters. The molecular formula is C17H22N6O. The van der Waals surface area contributed by atoms with E-state index in [4.69, 9.17) is 0 Å². The number of nitrogens with zero attached hydrogens (tertiary/aromatic N) is 3. The van der Waals surface area contributed by atoms with Crippen LogP contribution in [0.15, 0.2) is 24.5 Å². The van der Waals surface area contributed by atoms with Crippen LogP contribution in [-0.4, -0.2) is 51.8 Å². The molecular weight excluding hydrogens is 304 g/mol. The van der Waals surface area contributed by atoms with Gasteiger partial charge in [-0.15, -0.1) is 0 Å². The number of urea groups is 1. The molecule has 0 bridgehead atoms. The zero-order chi connectivity index (χ0) is 16.4. The summed E-state index contributed by atoms with van der Waals surface area (Å²) >= 11 is 0. The van der Waals surface area contributed by atoms with Crippen molar-refractivity contribution >= 4 is 6.03 Å². The van der Waals surface area contributed by atoms with Gasteiger partial charge in [-0.25, -0.2) is 4.79 Å². The normalized spacial score (nSPS) is 20.5. The molecule has 0 radical (unpaired) electrons. The van der Waals surface area contributed by atoms with Crippen LogP contribution in [0.5, 0.6) is 0 Å². The molecule has 0 aromatic carbocycles. The van der Waals surface area contributed by atoms with Crippen LogP contribution in [0.4, 0.5) is 4.79 Å². The first-order valence-corrected chi connectivity index (χ1v) is 8.54. The molecule has 1 fully saturated rings. The Labute approximate surface area is 140 Å². The number of carbonyl (C=O) groups excluding carboxylic acids is 1. The number of H-pyrrole nitrogens is 1. The van der Waals surface area contributed by atoms with Gasteiger partial charge in [-0.2, -0.15) is 5.10 Å². The van der Waals surface area contributed by atoms with Crippen LogP contribution in [0.2, 0.25) is 0 Å². The predicted molar refractivity (Wildman–Crippen MR) is 90.4 cm³/mol. The Kier molecular flexibility index (Phi) is 4.17. The largest absolute Gasteiger partial charge is 0.334 e. The van der Waals surface area contributed by atoms with Crippen LogP contribution in [0, 0.1) is 0 Å². The fraction of sp³-hybridized carbons (Fsp3) is 0.471. The highest BCUT2D eigenvalue weighted by Crippen LogP contribution is 2.27. The molecule has 7 nitrogen and oxygen atoms in total. The van der Waals surface area contributed by atoms with E-state index in [0.717, 1.165) is 61.4 Å². The van der Waals surface area contributed by atoms with E-state index in [-0.39, 0.29) is 12.1 Å². The quantitative estimate of drug-likeness (QED) is 0.776. The van der Waals surface area contributed by atoms with E-state index >= 15 is 0 Å². The molecule has 2 amide bonds. The summed E-state index contributed by atoms with van der Waals surface area (Å²) in [6, 6.07) is 4.15. The summed E-state index contributed by atoms with van der Waals surface area (Å²) in [6.45, 7) is 3.22. The topological polar surface area (TPSA) is 85.9 Å². The van der Waals surface area contributed by atoms with Gasteiger partial charge in [0.2, 0.25) is 0 Å². The maximum Gasteiger partial charge on any atom is 0.317 e. The summed E-state index contributed by atoms with van der Waals surface area (Å²) in [7, 11) is 0. The first-order valence-electron chi connectivity index (χ1n) is 8.54. The second-order valence-corrected chi connectivity index (χ2v) is 6.43. The van der Waals surface area contributed by atoms with Gasteiger partial charge in [0.1, 0.15) is 0 Å². The third-order valence-corrected chi connectivity index (χ3v) is 4.80. The second kappa shape index (κ2) is 6.60. The lowest BCUT2D eigenvalue weighted by atomic mass is 10.0. The van der Waals surface area contributed by atoms with Crippen molar-refractivity contribution in [2.24, 2.45) is 0 Å². The van der Waals surface area contributed by atoms with Crippen molar-refractivity contribution in [1.29, 1.82) is 0 Å². The van der Waals surface area contributed by atoms with Gasteiger partial charge < -0.3 is 15.5 Å². The number of rotatable bonds is 2. The molecule has 7 heteroatoms. The third-order valence-electron chi connectivity index (χ3n) is 4.80. The van der Waals surface area contributed by atoms with Crippen molar-refractivity contribution < 1.29 is 4.79 Å². The number of fused-ring (bicyclic) bond motifs is 1. The van der Waals surface area contributed by atoms with E-state index in [0.29, 0.717) is 6.54 Å². The average Bonchev–Trinajstić information content (AvgIpc) is 3.06. The van der Waals surface area contributed by atoms with Gasteiger partial charge in [-0.05, 0) is 31.5 Å². The molecule has 1 saturated heterocycles. The number of carbonyl (C=O) groups is 1. The van der Waals surface area contributed by atoms with Crippen molar-refractivity contribution in [1.82, 2.24) is 30.7 Å². The molecule has 1 atom stereocenters. The summed E-state index contributed by atoms with van der Waals surface area (Å²) in [5, 5.41) is 14.1. The van der Waals surface area contributed by atoms with Gasteiger partial charge in [-0.3, -0.25) is 10.1 Å². The number of aromatic amines is 1. The van der Waals surface area contributed by atoms with Crippen LogP contribution in [0.3, 0.4) is 0 Å². The number of pyridine rings is 1. The Morgan fingerprint density at radius 3 is 3.00 bits per heavy atom. The van der Waals surface area contributed by atoms with Crippen molar-refractivity contribution in [3.05, 3.63) is 35.8 Å². The SMILES string of the molecule is O=C(NC1CCCNC1)N1CCc2[nH]nc(-c3ccncc3)c2C1. The van der Waals surface area contributed by atoms with E-state index in [2.05, 4.69) is 25.8 Å². The molecule has 0 saturated carbocycles. The predicted octanol–water partition coefficient (Wildman–Crippen LogP) is 1.29. The smallest absolute Gasteiger partial charge is 0.317 e. The molecule has 0 spiro atoms. The van der Waals surface area contributed by atoms with Gasteiger partial charge in [-0.1, -0.05) is 0 Å². The standard InChI is InChI=1S/C17H22N6O/c24-17(20-13-2-1-6-19-10-13)23-9-5-15-14(11-23)16(22-21-15)12-3-7-18-8-4-12/h3-4,7-8,13,19H,1-2,5-6,9-11H2,(H,20,24)(H,21,22). The summed E-state index contributed by atoms with van der Waals surface area (Å²) in [4.78, 5) is 18.5. The monoisotopic (exact) mass is 326 g/mol. The molecule has 2 aliphatic heterocycles. The zero-order valence-corrected chi connectivity index (χ0v) is 13.6. The van der Waals surface area contributed by atoms with E-state index in [9.17, 15) is 4.79 Å². The number of aromatic nitrogens is 3. The average molecular weight is 326 g/mol.